The first-order valence-corrected chi connectivity index (χ1v) is 5.69. The Morgan fingerprint density at radius 1 is 0.652 bits per heavy atom. The molecule has 23 heavy (non-hydrogen) atoms. The van der Waals surface area contributed by atoms with Gasteiger partial charge in [0.15, 0.2) is 34.9 Å². The highest BCUT2D eigenvalue weighted by atomic mass is 19.2. The van der Waals surface area contributed by atoms with Gasteiger partial charge in [-0.1, -0.05) is 0 Å². The summed E-state index contributed by atoms with van der Waals surface area (Å²) in [5, 5.41) is 2.95. The highest BCUT2D eigenvalue weighted by molar-refractivity contribution is 5.81. The number of hydrazone groups is 1. The van der Waals surface area contributed by atoms with E-state index in [1.165, 1.54) is 5.43 Å². The molecule has 0 aromatic heterocycles. The molecule has 122 valence electrons. The summed E-state index contributed by atoms with van der Waals surface area (Å²) in [6, 6.07) is 1.04. The van der Waals surface area contributed by atoms with E-state index in [9.17, 15) is 35.1 Å². The lowest BCUT2D eigenvalue weighted by Crippen LogP contribution is -2.07. The summed E-state index contributed by atoms with van der Waals surface area (Å²) >= 11 is 0. The minimum atomic E-state index is -2.38. The highest BCUT2D eigenvalue weighted by Crippen LogP contribution is 2.27. The van der Waals surface area contributed by atoms with E-state index < -0.39 is 57.8 Å². The van der Waals surface area contributed by atoms with E-state index in [1.54, 1.807) is 0 Å². The molecule has 0 aliphatic carbocycles. The molecule has 2 aromatic rings. The van der Waals surface area contributed by atoms with Crippen molar-refractivity contribution in [3.05, 3.63) is 64.2 Å². The van der Waals surface area contributed by atoms with Gasteiger partial charge in [0.1, 0.15) is 11.5 Å². The van der Waals surface area contributed by atoms with Crippen LogP contribution in [-0.2, 0) is 0 Å². The zero-order chi connectivity index (χ0) is 17.3. The molecule has 0 saturated heterocycles. The van der Waals surface area contributed by atoms with E-state index in [1.807, 2.05) is 0 Å². The van der Waals surface area contributed by atoms with Gasteiger partial charge in [-0.05, 0) is 12.1 Å². The summed E-state index contributed by atoms with van der Waals surface area (Å²) in [5.74, 6) is -15.6. The van der Waals surface area contributed by atoms with Gasteiger partial charge in [0.25, 0.3) is 0 Å². The number of halogens is 8. The third-order valence-electron chi connectivity index (χ3n) is 2.66. The number of rotatable bonds is 3. The van der Waals surface area contributed by atoms with Crippen molar-refractivity contribution in [2.24, 2.45) is 5.10 Å². The van der Waals surface area contributed by atoms with Crippen molar-refractivity contribution >= 4 is 11.9 Å². The molecule has 0 unspecified atom stereocenters. The van der Waals surface area contributed by atoms with Gasteiger partial charge in [0, 0.05) is 0 Å². The first-order valence-electron chi connectivity index (χ1n) is 5.69. The van der Waals surface area contributed by atoms with Crippen molar-refractivity contribution in [3.8, 4) is 0 Å². The van der Waals surface area contributed by atoms with Gasteiger partial charge in [0.05, 0.1) is 11.8 Å². The van der Waals surface area contributed by atoms with E-state index in [0.717, 1.165) is 0 Å². The van der Waals surface area contributed by atoms with Crippen LogP contribution < -0.4 is 5.43 Å². The molecular formula is C13H4F8N2. The van der Waals surface area contributed by atoms with Crippen LogP contribution in [0, 0.1) is 46.5 Å². The Hall–Kier alpha value is -2.65. The number of benzene rings is 2. The van der Waals surface area contributed by atoms with Crippen LogP contribution in [0.2, 0.25) is 0 Å². The van der Waals surface area contributed by atoms with Crippen LogP contribution in [0.1, 0.15) is 5.56 Å². The van der Waals surface area contributed by atoms with Gasteiger partial charge in [-0.15, -0.1) is 0 Å². The largest absolute Gasteiger partial charge is 0.272 e. The fourth-order valence-electron chi connectivity index (χ4n) is 1.53. The molecule has 1 N–H and O–H groups in total. The van der Waals surface area contributed by atoms with E-state index in [-0.39, 0.29) is 6.21 Å². The Morgan fingerprint density at radius 3 is 1.70 bits per heavy atom. The van der Waals surface area contributed by atoms with Crippen molar-refractivity contribution in [2.75, 3.05) is 5.43 Å². The van der Waals surface area contributed by atoms with E-state index in [4.69, 9.17) is 0 Å². The predicted octanol–water partition coefficient (Wildman–Crippen LogP) is 4.25. The van der Waals surface area contributed by atoms with Crippen molar-refractivity contribution in [1.29, 1.82) is 0 Å². The Balaban J connectivity index is 2.38. The molecule has 0 amide bonds. The van der Waals surface area contributed by atoms with Crippen LogP contribution in [0.25, 0.3) is 0 Å². The fraction of sp³-hybridized carbons (Fsp3) is 0. The van der Waals surface area contributed by atoms with Gasteiger partial charge in [-0.2, -0.15) is 5.10 Å². The smallest absolute Gasteiger partial charge is 0.200 e. The Labute approximate surface area is 123 Å². The first-order chi connectivity index (χ1) is 10.8. The Bertz CT molecular complexity index is 774. The average molecular weight is 340 g/mol. The molecule has 0 saturated carbocycles. The lowest BCUT2D eigenvalue weighted by atomic mass is 10.2. The second kappa shape index (κ2) is 6.23. The monoisotopic (exact) mass is 340 g/mol. The van der Waals surface area contributed by atoms with Gasteiger partial charge in [0.2, 0.25) is 5.82 Å². The molecule has 0 radical (unpaired) electrons. The minimum absolute atomic E-state index is 0.284. The summed E-state index contributed by atoms with van der Waals surface area (Å²) < 4.78 is 105. The van der Waals surface area contributed by atoms with Crippen LogP contribution in [0.5, 0.6) is 0 Å². The zero-order valence-corrected chi connectivity index (χ0v) is 10.7. The van der Waals surface area contributed by atoms with Gasteiger partial charge in [-0.3, -0.25) is 5.43 Å². The molecule has 0 aliphatic rings. The molecule has 2 rings (SSSR count). The second-order valence-electron chi connectivity index (χ2n) is 4.07. The van der Waals surface area contributed by atoms with Crippen LogP contribution >= 0.6 is 0 Å². The van der Waals surface area contributed by atoms with Crippen molar-refractivity contribution in [1.82, 2.24) is 0 Å². The molecule has 0 aliphatic heterocycles. The van der Waals surface area contributed by atoms with Crippen LogP contribution in [0.4, 0.5) is 40.8 Å². The lowest BCUT2D eigenvalue weighted by Gasteiger charge is -2.07. The van der Waals surface area contributed by atoms with Crippen LogP contribution in [-0.4, -0.2) is 6.21 Å². The quantitative estimate of drug-likeness (QED) is 0.292. The number of nitrogens with zero attached hydrogens (tertiary/aromatic N) is 1. The topological polar surface area (TPSA) is 24.4 Å². The van der Waals surface area contributed by atoms with Crippen LogP contribution in [0.3, 0.4) is 0 Å². The minimum Gasteiger partial charge on any atom is -0.272 e. The zero-order valence-electron chi connectivity index (χ0n) is 10.7. The van der Waals surface area contributed by atoms with Crippen LogP contribution in [0.15, 0.2) is 17.2 Å². The molecule has 2 aromatic carbocycles. The molecule has 10 heteroatoms. The molecule has 2 nitrogen and oxygen atoms in total. The van der Waals surface area contributed by atoms with Gasteiger partial charge >= 0.3 is 0 Å². The van der Waals surface area contributed by atoms with Crippen molar-refractivity contribution < 1.29 is 35.1 Å². The lowest BCUT2D eigenvalue weighted by molar-refractivity contribution is 0.381. The summed E-state index contributed by atoms with van der Waals surface area (Å²) in [4.78, 5) is 0. The van der Waals surface area contributed by atoms with Gasteiger partial charge < -0.3 is 0 Å². The van der Waals surface area contributed by atoms with Gasteiger partial charge in [-0.25, -0.2) is 35.1 Å². The van der Waals surface area contributed by atoms with E-state index in [2.05, 4.69) is 5.10 Å². The maximum Gasteiger partial charge on any atom is 0.200 e. The average Bonchev–Trinajstić information content (AvgIpc) is 2.53. The second-order valence-corrected chi connectivity index (χ2v) is 4.07. The number of hydrogen-bond donors (Lipinski definition) is 1. The van der Waals surface area contributed by atoms with E-state index in [0.29, 0.717) is 12.1 Å². The summed E-state index contributed by atoms with van der Waals surface area (Å²) in [5.41, 5.74) is -1.12. The third-order valence-corrected chi connectivity index (χ3v) is 2.66. The van der Waals surface area contributed by atoms with Crippen molar-refractivity contribution in [2.45, 2.75) is 0 Å². The summed E-state index contributed by atoms with van der Waals surface area (Å²) in [7, 11) is 0. The predicted molar refractivity (Wildman–Crippen MR) is 63.8 cm³/mol. The Morgan fingerprint density at radius 2 is 1.13 bits per heavy atom. The third kappa shape index (κ3) is 2.96. The molecule has 0 heterocycles. The first kappa shape index (κ1) is 16.7. The number of hydrogen-bond acceptors (Lipinski definition) is 2. The molecule has 0 spiro atoms. The summed E-state index contributed by atoms with van der Waals surface area (Å²) in [6.07, 6.45) is 0.284. The fourth-order valence-corrected chi connectivity index (χ4v) is 1.53. The molecule has 0 atom stereocenters. The molecule has 0 fully saturated rings. The number of nitrogens with one attached hydrogen (secondary N) is 1. The maximum atomic E-state index is 13.3. The van der Waals surface area contributed by atoms with E-state index >= 15 is 0 Å². The maximum absolute atomic E-state index is 13.3. The standard InChI is InChI=1S/C13H4F8N2/c14-5-1-2-6(15)7(16)4(5)3-22-23-13-11(20)9(18)8(17)10(19)12(13)21/h1-3,23H/b22-3+. The van der Waals surface area contributed by atoms with Crippen molar-refractivity contribution in [3.63, 3.8) is 0 Å². The molecule has 0 bridgehead atoms. The highest BCUT2D eigenvalue weighted by Gasteiger charge is 2.25. The Kier molecular flexibility index (Phi) is 4.52. The normalized spacial score (nSPS) is 11.3. The molecular weight excluding hydrogens is 336 g/mol. The summed E-state index contributed by atoms with van der Waals surface area (Å²) in [6.45, 7) is 0. The SMILES string of the molecule is Fc1ccc(F)c(/C=N/Nc2c(F)c(F)c(F)c(F)c2F)c1F. The number of anilines is 1.